The third-order valence-electron chi connectivity index (χ3n) is 5.14. The maximum atomic E-state index is 3.30. The summed E-state index contributed by atoms with van der Waals surface area (Å²) >= 11 is 0. The normalized spacial score (nSPS) is 33.1. The zero-order valence-corrected chi connectivity index (χ0v) is 12.9. The molecule has 0 spiro atoms. The van der Waals surface area contributed by atoms with Gasteiger partial charge in [0.15, 0.2) is 0 Å². The first kappa shape index (κ1) is 14.2. The number of nitrogens with zero attached hydrogens (tertiary/aromatic N) is 3. The fourth-order valence-electron chi connectivity index (χ4n) is 3.63. The second-order valence-electron chi connectivity index (χ2n) is 6.45. The summed E-state index contributed by atoms with van der Waals surface area (Å²) in [5.41, 5.74) is 7.85. The Labute approximate surface area is 122 Å². The number of hydrogen-bond donors (Lipinski definition) is 2. The Morgan fingerprint density at radius 2 is 1.70 bits per heavy atom. The summed E-state index contributed by atoms with van der Waals surface area (Å²) in [6.45, 7) is 7.18. The van der Waals surface area contributed by atoms with Gasteiger partial charge in [-0.15, -0.1) is 5.53 Å². The molecule has 2 N–H and O–H groups in total. The van der Waals surface area contributed by atoms with Crippen LogP contribution in [0, 0.1) is 0 Å². The largest absolute Gasteiger partial charge is 0.306 e. The van der Waals surface area contributed by atoms with Crippen LogP contribution in [-0.2, 0) is 0 Å². The summed E-state index contributed by atoms with van der Waals surface area (Å²) in [5, 5.41) is 2.29. The van der Waals surface area contributed by atoms with Crippen molar-refractivity contribution >= 4 is 0 Å². The first-order valence-corrected chi connectivity index (χ1v) is 8.19. The van der Waals surface area contributed by atoms with Gasteiger partial charge in [-0.1, -0.05) is 6.92 Å². The molecule has 3 aliphatic rings. The van der Waals surface area contributed by atoms with Crippen LogP contribution in [0.25, 0.3) is 0 Å². The van der Waals surface area contributed by atoms with Gasteiger partial charge in [0.05, 0.1) is 0 Å². The lowest BCUT2D eigenvalue weighted by Crippen LogP contribution is -2.52. The van der Waals surface area contributed by atoms with Crippen molar-refractivity contribution < 1.29 is 0 Å². The lowest BCUT2D eigenvalue weighted by molar-refractivity contribution is 0.0638. The van der Waals surface area contributed by atoms with Gasteiger partial charge in [0, 0.05) is 50.2 Å². The predicted molar refractivity (Wildman–Crippen MR) is 81.6 cm³/mol. The number of nitrogens with one attached hydrogen (secondary N) is 2. The van der Waals surface area contributed by atoms with Crippen LogP contribution in [0.5, 0.6) is 0 Å². The molecule has 0 bridgehead atoms. The summed E-state index contributed by atoms with van der Waals surface area (Å²) in [7, 11) is 2.23. The Hall–Kier alpha value is -0.780. The summed E-state index contributed by atoms with van der Waals surface area (Å²) in [5.74, 6) is 0. The van der Waals surface area contributed by atoms with E-state index in [1.54, 1.807) is 0 Å². The predicted octanol–water partition coefficient (Wildman–Crippen LogP) is 1.12. The van der Waals surface area contributed by atoms with Gasteiger partial charge in [0.2, 0.25) is 0 Å². The molecule has 5 nitrogen and oxygen atoms in total. The molecular weight excluding hydrogens is 250 g/mol. The Morgan fingerprint density at radius 3 is 2.30 bits per heavy atom. The van der Waals surface area contributed by atoms with Crippen LogP contribution in [0.1, 0.15) is 39.0 Å². The molecule has 20 heavy (non-hydrogen) atoms. The quantitative estimate of drug-likeness (QED) is 0.809. The van der Waals surface area contributed by atoms with Crippen LogP contribution in [0.3, 0.4) is 0 Å². The van der Waals surface area contributed by atoms with Crippen molar-refractivity contribution in [2.75, 3.05) is 33.2 Å². The number of hydrazine groups is 2. The molecule has 0 atom stereocenters. The molecule has 1 saturated heterocycles. The summed E-state index contributed by atoms with van der Waals surface area (Å²) in [6.07, 6.45) is 8.63. The van der Waals surface area contributed by atoms with Gasteiger partial charge >= 0.3 is 0 Å². The van der Waals surface area contributed by atoms with Crippen LogP contribution >= 0.6 is 0 Å². The van der Waals surface area contributed by atoms with Gasteiger partial charge in [-0.3, -0.25) is 9.91 Å². The van der Waals surface area contributed by atoms with Gasteiger partial charge in [-0.2, -0.15) is 0 Å². The van der Waals surface area contributed by atoms with Crippen LogP contribution in [-0.4, -0.2) is 60.1 Å². The second kappa shape index (κ2) is 6.33. The number of allylic oxidation sites excluding steroid dienone is 1. The fraction of sp³-hybridized carbons (Fsp3) is 0.867. The van der Waals surface area contributed by atoms with Crippen LogP contribution < -0.4 is 11.0 Å². The van der Waals surface area contributed by atoms with Gasteiger partial charge in [-0.05, 0) is 39.2 Å². The zero-order chi connectivity index (χ0) is 13.9. The van der Waals surface area contributed by atoms with E-state index in [0.29, 0.717) is 6.04 Å². The van der Waals surface area contributed by atoms with Crippen molar-refractivity contribution in [2.24, 2.45) is 0 Å². The number of hydrogen-bond acceptors (Lipinski definition) is 5. The average Bonchev–Trinajstić information content (AvgIpc) is 2.97. The van der Waals surface area contributed by atoms with E-state index < -0.39 is 0 Å². The minimum absolute atomic E-state index is 0.662. The monoisotopic (exact) mass is 279 g/mol. The molecule has 1 saturated carbocycles. The van der Waals surface area contributed by atoms with Crippen molar-refractivity contribution in [1.29, 1.82) is 0 Å². The van der Waals surface area contributed by atoms with E-state index in [4.69, 9.17) is 0 Å². The molecule has 0 unspecified atom stereocenters. The molecule has 2 fully saturated rings. The van der Waals surface area contributed by atoms with Crippen molar-refractivity contribution in [3.8, 4) is 0 Å². The molecule has 2 heterocycles. The Bertz CT molecular complexity index is 340. The van der Waals surface area contributed by atoms with Crippen LogP contribution in [0.2, 0.25) is 0 Å². The van der Waals surface area contributed by atoms with Crippen molar-refractivity contribution in [3.63, 3.8) is 0 Å². The third kappa shape index (κ3) is 3.10. The average molecular weight is 279 g/mol. The summed E-state index contributed by atoms with van der Waals surface area (Å²) in [4.78, 5) is 5.16. The maximum Gasteiger partial charge on any atom is 0.0467 e. The molecular formula is C15H29N5. The smallest absolute Gasteiger partial charge is 0.0467 e. The van der Waals surface area contributed by atoms with Crippen LogP contribution in [0.15, 0.2) is 11.9 Å². The molecule has 0 radical (unpaired) electrons. The Morgan fingerprint density at radius 1 is 1.05 bits per heavy atom. The number of piperazine rings is 1. The van der Waals surface area contributed by atoms with Gasteiger partial charge in [0.25, 0.3) is 0 Å². The van der Waals surface area contributed by atoms with Crippen molar-refractivity contribution in [2.45, 2.75) is 51.1 Å². The molecule has 3 rings (SSSR count). The van der Waals surface area contributed by atoms with E-state index in [0.717, 1.165) is 12.5 Å². The van der Waals surface area contributed by atoms with Crippen molar-refractivity contribution in [1.82, 2.24) is 25.8 Å². The molecule has 0 amide bonds. The molecule has 0 aromatic carbocycles. The topological polar surface area (TPSA) is 33.8 Å². The molecule has 5 heteroatoms. The zero-order valence-electron chi connectivity index (χ0n) is 12.9. The van der Waals surface area contributed by atoms with Gasteiger partial charge in [-0.25, -0.2) is 0 Å². The SMILES string of the molecule is CCC1=CN(C2CCC(N3CCN(C)CC3)CC2)NN1. The van der Waals surface area contributed by atoms with Crippen molar-refractivity contribution in [3.05, 3.63) is 11.9 Å². The second-order valence-corrected chi connectivity index (χ2v) is 6.45. The number of rotatable bonds is 3. The highest BCUT2D eigenvalue weighted by molar-refractivity contribution is 5.02. The highest BCUT2D eigenvalue weighted by Gasteiger charge is 2.30. The van der Waals surface area contributed by atoms with Crippen LogP contribution in [0.4, 0.5) is 0 Å². The molecule has 114 valence electrons. The maximum absolute atomic E-state index is 3.30. The lowest BCUT2D eigenvalue weighted by Gasteiger charge is -2.42. The Balaban J connectivity index is 1.46. The highest BCUT2D eigenvalue weighted by Crippen LogP contribution is 2.27. The van der Waals surface area contributed by atoms with E-state index in [1.807, 2.05) is 0 Å². The first-order chi connectivity index (χ1) is 9.76. The standard InChI is InChI=1S/C15H29N5/c1-3-13-12-20(17-16-13)15-6-4-14(5-7-15)19-10-8-18(2)9-11-19/h12,14-17H,3-11H2,1-2H3. The molecule has 2 aliphatic heterocycles. The molecule has 0 aromatic heterocycles. The van der Waals surface area contributed by atoms with Gasteiger partial charge in [0.1, 0.15) is 0 Å². The van der Waals surface area contributed by atoms with E-state index in [9.17, 15) is 0 Å². The van der Waals surface area contributed by atoms with E-state index >= 15 is 0 Å². The molecule has 0 aromatic rings. The summed E-state index contributed by atoms with van der Waals surface area (Å²) < 4.78 is 0. The van der Waals surface area contributed by atoms with E-state index in [2.05, 4.69) is 45.9 Å². The third-order valence-corrected chi connectivity index (χ3v) is 5.14. The Kier molecular flexibility index (Phi) is 4.48. The first-order valence-electron chi connectivity index (χ1n) is 8.19. The minimum Gasteiger partial charge on any atom is -0.306 e. The number of likely N-dealkylation sites (N-methyl/N-ethyl adjacent to an activating group) is 1. The summed E-state index contributed by atoms with van der Waals surface area (Å²) in [6, 6.07) is 1.49. The fourth-order valence-corrected chi connectivity index (χ4v) is 3.63. The highest BCUT2D eigenvalue weighted by atomic mass is 15.7. The van der Waals surface area contributed by atoms with Gasteiger partial charge < -0.3 is 10.3 Å². The minimum atomic E-state index is 0.662. The lowest BCUT2D eigenvalue weighted by atomic mass is 9.89. The van der Waals surface area contributed by atoms with E-state index in [1.165, 1.54) is 57.6 Å². The van der Waals surface area contributed by atoms with E-state index in [-0.39, 0.29) is 0 Å². The molecule has 1 aliphatic carbocycles.